The summed E-state index contributed by atoms with van der Waals surface area (Å²) in [6.45, 7) is 6.10. The van der Waals surface area contributed by atoms with E-state index in [9.17, 15) is 4.79 Å². The average molecular weight is 288 g/mol. The van der Waals surface area contributed by atoms with Gasteiger partial charge < -0.3 is 15.0 Å². The Bertz CT molecular complexity index is 412. The van der Waals surface area contributed by atoms with Gasteiger partial charge >= 0.3 is 19.5 Å². The molecular formula is C12H14O4Zn. The third-order valence-corrected chi connectivity index (χ3v) is 1.97. The van der Waals surface area contributed by atoms with Crippen molar-refractivity contribution < 1.29 is 34.5 Å². The SMILES string of the molecule is Cc1cc(C(C)C)cccc1=O.O=C([O-])[O-].[Zn+2]. The summed E-state index contributed by atoms with van der Waals surface area (Å²) >= 11 is 0. The van der Waals surface area contributed by atoms with Crippen molar-refractivity contribution in [1.82, 2.24) is 0 Å². The van der Waals surface area contributed by atoms with Crippen molar-refractivity contribution >= 4 is 6.16 Å². The van der Waals surface area contributed by atoms with Crippen molar-refractivity contribution in [3.63, 3.8) is 0 Å². The van der Waals surface area contributed by atoms with Crippen molar-refractivity contribution in [2.24, 2.45) is 0 Å². The first-order valence-corrected chi connectivity index (χ1v) is 4.83. The van der Waals surface area contributed by atoms with Crippen LogP contribution in [-0.4, -0.2) is 6.16 Å². The van der Waals surface area contributed by atoms with Crippen molar-refractivity contribution in [2.45, 2.75) is 26.7 Å². The van der Waals surface area contributed by atoms with Crippen LogP contribution >= 0.6 is 0 Å². The van der Waals surface area contributed by atoms with Crippen LogP contribution in [0.5, 0.6) is 0 Å². The van der Waals surface area contributed by atoms with Crippen molar-refractivity contribution in [3.05, 3.63) is 45.6 Å². The molecule has 4 nitrogen and oxygen atoms in total. The Morgan fingerprint density at radius 2 is 1.71 bits per heavy atom. The molecule has 0 aromatic heterocycles. The molecule has 0 unspecified atom stereocenters. The fraction of sp³-hybridized carbons (Fsp3) is 0.333. The van der Waals surface area contributed by atoms with Gasteiger partial charge in [0.2, 0.25) is 0 Å². The second kappa shape index (κ2) is 8.88. The molecule has 0 saturated carbocycles. The Morgan fingerprint density at radius 1 is 1.24 bits per heavy atom. The van der Waals surface area contributed by atoms with Gasteiger partial charge in [-0.15, -0.1) is 0 Å². The van der Waals surface area contributed by atoms with Crippen LogP contribution in [0.3, 0.4) is 0 Å². The number of carbonyl (C=O) groups excluding carboxylic acids is 1. The number of hydrogen-bond acceptors (Lipinski definition) is 4. The molecule has 1 rings (SSSR count). The summed E-state index contributed by atoms with van der Waals surface area (Å²) in [4.78, 5) is 19.5. The first kappa shape index (κ1) is 18.2. The number of hydrogen-bond donors (Lipinski definition) is 0. The quantitative estimate of drug-likeness (QED) is 0.683. The van der Waals surface area contributed by atoms with E-state index in [4.69, 9.17) is 15.0 Å². The van der Waals surface area contributed by atoms with Gasteiger partial charge in [0, 0.05) is 0 Å². The second-order valence-corrected chi connectivity index (χ2v) is 3.62. The van der Waals surface area contributed by atoms with Gasteiger partial charge in [0.25, 0.3) is 0 Å². The standard InChI is InChI=1S/C11H14O.CH2O3.Zn/c1-8(2)10-5-4-6-11(12)9(3)7-10;2-1(3)4;/h4-8H,1-3H3;(H2,2,3,4);/q;;+2/p-2. The number of aryl methyl sites for hydroxylation is 1. The van der Waals surface area contributed by atoms with Gasteiger partial charge in [-0.3, -0.25) is 4.79 Å². The van der Waals surface area contributed by atoms with Crippen molar-refractivity contribution in [1.29, 1.82) is 0 Å². The first-order chi connectivity index (χ1) is 7.34. The van der Waals surface area contributed by atoms with E-state index in [0.717, 1.165) is 5.56 Å². The summed E-state index contributed by atoms with van der Waals surface area (Å²) in [6, 6.07) is 7.40. The summed E-state index contributed by atoms with van der Waals surface area (Å²) in [6.07, 6.45) is -2.33. The molecule has 17 heavy (non-hydrogen) atoms. The number of carbonyl (C=O) groups is 1. The molecule has 0 fully saturated rings. The molecule has 0 aliphatic carbocycles. The Hall–Kier alpha value is -1.22. The van der Waals surface area contributed by atoms with Gasteiger partial charge in [-0.25, -0.2) is 0 Å². The third-order valence-electron chi connectivity index (χ3n) is 1.97. The summed E-state index contributed by atoms with van der Waals surface area (Å²) in [5.41, 5.74) is 2.15. The molecule has 1 aromatic carbocycles. The maximum absolute atomic E-state index is 11.2. The Balaban J connectivity index is 0. The zero-order valence-corrected chi connectivity index (χ0v) is 13.2. The Labute approximate surface area is 113 Å². The molecule has 0 aliphatic heterocycles. The van der Waals surface area contributed by atoms with Gasteiger partial charge in [0.15, 0.2) is 5.43 Å². The maximum Gasteiger partial charge on any atom is 2.00 e. The van der Waals surface area contributed by atoms with Crippen LogP contribution in [0.1, 0.15) is 30.9 Å². The molecule has 5 heteroatoms. The maximum atomic E-state index is 11.2. The fourth-order valence-corrected chi connectivity index (χ4v) is 1.11. The number of carboxylic acid groups (broad SMARTS) is 2. The van der Waals surface area contributed by atoms with Gasteiger partial charge in [0.1, 0.15) is 0 Å². The van der Waals surface area contributed by atoms with Crippen LogP contribution in [0.2, 0.25) is 0 Å². The third kappa shape index (κ3) is 8.58. The molecule has 0 N–H and O–H groups in total. The zero-order chi connectivity index (χ0) is 12.7. The van der Waals surface area contributed by atoms with Crippen LogP contribution in [0.4, 0.5) is 4.79 Å². The van der Waals surface area contributed by atoms with Crippen LogP contribution in [-0.2, 0) is 19.5 Å². The van der Waals surface area contributed by atoms with Gasteiger partial charge in [-0.2, -0.15) is 0 Å². The predicted molar refractivity (Wildman–Crippen MR) is 56.9 cm³/mol. The minimum absolute atomic E-state index is 0. The van der Waals surface area contributed by atoms with E-state index in [1.807, 2.05) is 25.1 Å². The van der Waals surface area contributed by atoms with E-state index in [1.54, 1.807) is 6.07 Å². The smallest absolute Gasteiger partial charge is 0.652 e. The van der Waals surface area contributed by atoms with E-state index in [1.165, 1.54) is 5.56 Å². The van der Waals surface area contributed by atoms with Crippen LogP contribution < -0.4 is 15.6 Å². The van der Waals surface area contributed by atoms with Crippen LogP contribution in [0, 0.1) is 6.92 Å². The van der Waals surface area contributed by atoms with Gasteiger partial charge in [0.05, 0.1) is 0 Å². The molecule has 0 spiro atoms. The van der Waals surface area contributed by atoms with E-state index in [0.29, 0.717) is 5.92 Å². The molecule has 0 radical (unpaired) electrons. The van der Waals surface area contributed by atoms with E-state index < -0.39 is 6.16 Å². The molecule has 1 aromatic rings. The first-order valence-electron chi connectivity index (χ1n) is 4.83. The fourth-order valence-electron chi connectivity index (χ4n) is 1.11. The van der Waals surface area contributed by atoms with Crippen molar-refractivity contribution in [2.75, 3.05) is 0 Å². The normalized spacial score (nSPS) is 8.71. The van der Waals surface area contributed by atoms with Crippen LogP contribution in [0.25, 0.3) is 0 Å². The minimum Gasteiger partial charge on any atom is -0.652 e. The summed E-state index contributed by atoms with van der Waals surface area (Å²) in [5.74, 6) is 0.482. The average Bonchev–Trinajstić information content (AvgIpc) is 2.28. The predicted octanol–water partition coefficient (Wildman–Crippen LogP) is 0.0291. The van der Waals surface area contributed by atoms with E-state index >= 15 is 0 Å². The molecule has 0 aliphatic rings. The monoisotopic (exact) mass is 286 g/mol. The van der Waals surface area contributed by atoms with Gasteiger partial charge in [-0.1, -0.05) is 32.0 Å². The Kier molecular flexibility index (Phi) is 9.49. The molecule has 0 saturated heterocycles. The molecular weight excluding hydrogens is 274 g/mol. The summed E-state index contributed by atoms with van der Waals surface area (Å²) < 4.78 is 0. The summed E-state index contributed by atoms with van der Waals surface area (Å²) in [5, 5.41) is 16.7. The van der Waals surface area contributed by atoms with E-state index in [2.05, 4.69) is 13.8 Å². The second-order valence-electron chi connectivity index (χ2n) is 3.62. The molecule has 0 amide bonds. The van der Waals surface area contributed by atoms with Gasteiger partial charge in [-0.05, 0) is 36.2 Å². The van der Waals surface area contributed by atoms with E-state index in [-0.39, 0.29) is 24.9 Å². The topological polar surface area (TPSA) is 80.3 Å². The van der Waals surface area contributed by atoms with Crippen molar-refractivity contribution in [3.8, 4) is 0 Å². The number of rotatable bonds is 1. The van der Waals surface area contributed by atoms with Crippen LogP contribution in [0.15, 0.2) is 29.1 Å². The summed E-state index contributed by atoms with van der Waals surface area (Å²) in [7, 11) is 0. The molecule has 0 bridgehead atoms. The minimum atomic E-state index is -2.33. The Morgan fingerprint density at radius 3 is 2.12 bits per heavy atom. The largest absolute Gasteiger partial charge is 2.00 e. The molecule has 88 valence electrons. The molecule has 0 atom stereocenters. The zero-order valence-electron chi connectivity index (χ0n) is 10.2. The molecule has 0 heterocycles.